The molecule has 0 aliphatic carbocycles. The first-order valence-corrected chi connectivity index (χ1v) is 9.88. The van der Waals surface area contributed by atoms with Crippen LogP contribution in [0.15, 0.2) is 42.6 Å². The quantitative estimate of drug-likeness (QED) is 0.445. The van der Waals surface area contributed by atoms with E-state index in [9.17, 15) is 4.79 Å². The van der Waals surface area contributed by atoms with E-state index in [0.717, 1.165) is 37.2 Å². The van der Waals surface area contributed by atoms with Gasteiger partial charge in [-0.25, -0.2) is 4.79 Å². The van der Waals surface area contributed by atoms with Crippen LogP contribution in [0, 0.1) is 0 Å². The van der Waals surface area contributed by atoms with Gasteiger partial charge in [-0.15, -0.1) is 0 Å². The van der Waals surface area contributed by atoms with E-state index in [-0.39, 0.29) is 6.10 Å². The van der Waals surface area contributed by atoms with Crippen molar-refractivity contribution < 1.29 is 28.5 Å². The highest BCUT2D eigenvalue weighted by Crippen LogP contribution is 2.31. The molecule has 1 aliphatic heterocycles. The lowest BCUT2D eigenvalue weighted by atomic mass is 10.1. The Bertz CT molecular complexity index is 979. The molecule has 8 nitrogen and oxygen atoms in total. The molecule has 2 heterocycles. The number of hydrogen-bond acceptors (Lipinski definition) is 7. The Labute approximate surface area is 174 Å². The fourth-order valence-corrected chi connectivity index (χ4v) is 3.29. The van der Waals surface area contributed by atoms with Crippen molar-refractivity contribution in [1.29, 1.82) is 0 Å². The summed E-state index contributed by atoms with van der Waals surface area (Å²) in [5.74, 6) is 1.39. The molecule has 0 unspecified atom stereocenters. The molecule has 2 aromatic carbocycles. The molecule has 0 bridgehead atoms. The average molecular weight is 412 g/mol. The summed E-state index contributed by atoms with van der Waals surface area (Å²) in [7, 11) is 1.34. The number of esters is 1. The largest absolute Gasteiger partial charge is 0.491 e. The summed E-state index contributed by atoms with van der Waals surface area (Å²) in [6, 6.07) is 10.6. The second kappa shape index (κ2) is 9.60. The Morgan fingerprint density at radius 2 is 1.90 bits per heavy atom. The molecule has 4 rings (SSSR count). The first-order chi connectivity index (χ1) is 14.7. The van der Waals surface area contributed by atoms with E-state index in [2.05, 4.69) is 10.2 Å². The molecule has 0 amide bonds. The zero-order valence-corrected chi connectivity index (χ0v) is 16.8. The summed E-state index contributed by atoms with van der Waals surface area (Å²) in [5.41, 5.74) is 1.10. The minimum atomic E-state index is -0.435. The van der Waals surface area contributed by atoms with Crippen molar-refractivity contribution in [3.8, 4) is 17.2 Å². The SMILES string of the molecule is COC(=O)c1cc(Oc2ccc(OCCOC3CCOCC3)cc2)c2[nH]ncc2c1. The van der Waals surface area contributed by atoms with Crippen LogP contribution < -0.4 is 9.47 Å². The van der Waals surface area contributed by atoms with Crippen LogP contribution in [0.1, 0.15) is 23.2 Å². The number of nitrogens with zero attached hydrogens (tertiary/aromatic N) is 1. The van der Waals surface area contributed by atoms with Gasteiger partial charge in [0.05, 0.1) is 31.6 Å². The average Bonchev–Trinajstić information content (AvgIpc) is 3.27. The summed E-state index contributed by atoms with van der Waals surface area (Å²) in [4.78, 5) is 11.9. The molecule has 0 radical (unpaired) electrons. The predicted octanol–water partition coefficient (Wildman–Crippen LogP) is 3.72. The van der Waals surface area contributed by atoms with Crippen LogP contribution in [0.5, 0.6) is 17.2 Å². The number of methoxy groups -OCH3 is 1. The third-order valence-electron chi connectivity index (χ3n) is 4.86. The maximum absolute atomic E-state index is 11.9. The number of fused-ring (bicyclic) bond motifs is 1. The Morgan fingerprint density at radius 3 is 2.67 bits per heavy atom. The molecule has 1 N–H and O–H groups in total. The number of aromatic nitrogens is 2. The summed E-state index contributed by atoms with van der Waals surface area (Å²) >= 11 is 0. The zero-order chi connectivity index (χ0) is 20.8. The minimum absolute atomic E-state index is 0.262. The Balaban J connectivity index is 1.35. The number of H-pyrrole nitrogens is 1. The van der Waals surface area contributed by atoms with E-state index in [1.165, 1.54) is 7.11 Å². The van der Waals surface area contributed by atoms with Crippen molar-refractivity contribution in [3.63, 3.8) is 0 Å². The number of nitrogens with one attached hydrogen (secondary N) is 1. The van der Waals surface area contributed by atoms with E-state index in [1.54, 1.807) is 18.3 Å². The van der Waals surface area contributed by atoms with Crippen molar-refractivity contribution in [2.45, 2.75) is 18.9 Å². The van der Waals surface area contributed by atoms with E-state index < -0.39 is 5.97 Å². The number of ether oxygens (including phenoxy) is 5. The normalized spacial score (nSPS) is 14.6. The lowest BCUT2D eigenvalue weighted by Gasteiger charge is -2.22. The Morgan fingerprint density at radius 1 is 1.13 bits per heavy atom. The second-order valence-electron chi connectivity index (χ2n) is 6.90. The van der Waals surface area contributed by atoms with Crippen LogP contribution >= 0.6 is 0 Å². The predicted molar refractivity (Wildman–Crippen MR) is 109 cm³/mol. The van der Waals surface area contributed by atoms with Gasteiger partial charge in [0.25, 0.3) is 0 Å². The molecule has 1 aromatic heterocycles. The van der Waals surface area contributed by atoms with Crippen molar-refractivity contribution in [2.24, 2.45) is 0 Å². The first-order valence-electron chi connectivity index (χ1n) is 9.88. The molecule has 0 saturated carbocycles. The van der Waals surface area contributed by atoms with Gasteiger partial charge in [-0.05, 0) is 49.2 Å². The number of aromatic amines is 1. The van der Waals surface area contributed by atoms with Gasteiger partial charge in [0, 0.05) is 18.6 Å². The number of carbonyl (C=O) groups is 1. The molecule has 1 fully saturated rings. The second-order valence-corrected chi connectivity index (χ2v) is 6.90. The third-order valence-corrected chi connectivity index (χ3v) is 4.86. The van der Waals surface area contributed by atoms with Crippen molar-refractivity contribution in [2.75, 3.05) is 33.5 Å². The molecular formula is C22H24N2O6. The van der Waals surface area contributed by atoms with E-state index in [4.69, 9.17) is 23.7 Å². The number of benzene rings is 2. The molecule has 158 valence electrons. The molecule has 8 heteroatoms. The number of rotatable bonds is 8. The van der Waals surface area contributed by atoms with Crippen molar-refractivity contribution >= 4 is 16.9 Å². The summed E-state index contributed by atoms with van der Waals surface area (Å²) in [6.07, 6.45) is 3.77. The number of carbonyl (C=O) groups excluding carboxylic acids is 1. The lowest BCUT2D eigenvalue weighted by Crippen LogP contribution is -2.25. The fourth-order valence-electron chi connectivity index (χ4n) is 3.29. The smallest absolute Gasteiger partial charge is 0.338 e. The van der Waals surface area contributed by atoms with Gasteiger partial charge in [-0.1, -0.05) is 0 Å². The maximum atomic E-state index is 11.9. The summed E-state index contributed by atoms with van der Waals surface area (Å²) in [6.45, 7) is 2.55. The van der Waals surface area contributed by atoms with Crippen molar-refractivity contribution in [1.82, 2.24) is 10.2 Å². The van der Waals surface area contributed by atoms with E-state index in [0.29, 0.717) is 35.8 Å². The molecule has 0 atom stereocenters. The molecule has 1 aliphatic rings. The zero-order valence-electron chi connectivity index (χ0n) is 16.8. The highest BCUT2D eigenvalue weighted by atomic mass is 16.5. The topological polar surface area (TPSA) is 91.9 Å². The van der Waals surface area contributed by atoms with E-state index >= 15 is 0 Å². The lowest BCUT2D eigenvalue weighted by molar-refractivity contribution is -0.0388. The maximum Gasteiger partial charge on any atom is 0.338 e. The molecule has 1 saturated heterocycles. The molecule has 30 heavy (non-hydrogen) atoms. The van der Waals surface area contributed by atoms with Gasteiger partial charge in [-0.3, -0.25) is 5.10 Å². The van der Waals surface area contributed by atoms with Crippen LogP contribution in [0.4, 0.5) is 0 Å². The standard InChI is InChI=1S/C22H24N2O6/c1-26-22(25)15-12-16-14-23-24-21(16)20(13-15)30-19-4-2-17(3-5-19)28-10-11-29-18-6-8-27-9-7-18/h2-5,12-14,18H,6-11H2,1H3,(H,23,24). The Hall–Kier alpha value is -3.10. The monoisotopic (exact) mass is 412 g/mol. The van der Waals surface area contributed by atoms with Crippen molar-refractivity contribution in [3.05, 3.63) is 48.2 Å². The van der Waals surface area contributed by atoms with Crippen LogP contribution in [0.2, 0.25) is 0 Å². The van der Waals surface area contributed by atoms with Crippen LogP contribution in [-0.4, -0.2) is 55.8 Å². The van der Waals surface area contributed by atoms with Gasteiger partial charge >= 0.3 is 5.97 Å². The van der Waals surface area contributed by atoms with Gasteiger partial charge in [-0.2, -0.15) is 5.10 Å². The third kappa shape index (κ3) is 4.90. The van der Waals surface area contributed by atoms with Gasteiger partial charge in [0.15, 0.2) is 5.75 Å². The van der Waals surface area contributed by atoms with Gasteiger partial charge in [0.1, 0.15) is 23.6 Å². The number of hydrogen-bond donors (Lipinski definition) is 1. The molecular weight excluding hydrogens is 388 g/mol. The van der Waals surface area contributed by atoms with Crippen LogP contribution in [0.25, 0.3) is 10.9 Å². The fraction of sp³-hybridized carbons (Fsp3) is 0.364. The Kier molecular flexibility index (Phi) is 6.46. The summed E-state index contributed by atoms with van der Waals surface area (Å²) < 4.78 is 27.6. The molecule has 3 aromatic rings. The van der Waals surface area contributed by atoms with Crippen LogP contribution in [0.3, 0.4) is 0 Å². The minimum Gasteiger partial charge on any atom is -0.491 e. The van der Waals surface area contributed by atoms with Crippen LogP contribution in [-0.2, 0) is 14.2 Å². The highest BCUT2D eigenvalue weighted by Gasteiger charge is 2.15. The van der Waals surface area contributed by atoms with E-state index in [1.807, 2.05) is 24.3 Å². The summed E-state index contributed by atoms with van der Waals surface area (Å²) in [5, 5.41) is 7.68. The van der Waals surface area contributed by atoms with Gasteiger partial charge < -0.3 is 23.7 Å². The highest BCUT2D eigenvalue weighted by molar-refractivity contribution is 5.96. The van der Waals surface area contributed by atoms with Gasteiger partial charge in [0.2, 0.25) is 0 Å². The first kappa shape index (κ1) is 20.2. The molecule has 0 spiro atoms.